The molecule has 1 aliphatic heterocycles. The fourth-order valence-corrected chi connectivity index (χ4v) is 2.59. The summed E-state index contributed by atoms with van der Waals surface area (Å²) in [6, 6.07) is 0. The molecule has 142 valence electrons. The molecule has 0 aromatic rings. The Morgan fingerprint density at radius 3 is 2.72 bits per heavy atom. The maximum Gasteiger partial charge on any atom is 0.303 e. The smallest absolute Gasteiger partial charge is 0.303 e. The predicted octanol–water partition coefficient (Wildman–Crippen LogP) is 4.90. The van der Waals surface area contributed by atoms with E-state index in [0.717, 1.165) is 12.8 Å². The van der Waals surface area contributed by atoms with Crippen molar-refractivity contribution in [3.63, 3.8) is 0 Å². The molecule has 0 saturated carbocycles. The molecule has 0 radical (unpaired) electrons. The van der Waals surface area contributed by atoms with Crippen LogP contribution in [0.1, 0.15) is 64.7 Å². The number of hydrogen-bond donors (Lipinski definition) is 2. The van der Waals surface area contributed by atoms with E-state index < -0.39 is 5.97 Å². The summed E-state index contributed by atoms with van der Waals surface area (Å²) in [5.74, 6) is -0.774. The summed E-state index contributed by atoms with van der Waals surface area (Å²) in [5.41, 5.74) is 0. The number of hydrogen-bond acceptors (Lipinski definition) is 4. The van der Waals surface area contributed by atoms with Crippen molar-refractivity contribution >= 4 is 5.97 Å². The summed E-state index contributed by atoms with van der Waals surface area (Å²) in [4.78, 5) is 14.8. The summed E-state index contributed by atoms with van der Waals surface area (Å²) in [5, 5.41) is 17.4. The van der Waals surface area contributed by atoms with Crippen LogP contribution in [0, 0.1) is 0 Å². The third-order valence-electron chi connectivity index (χ3n) is 4.15. The van der Waals surface area contributed by atoms with E-state index in [9.17, 15) is 4.79 Å². The second-order valence-electron chi connectivity index (χ2n) is 6.39. The largest absolute Gasteiger partial charge is 0.481 e. The molecule has 25 heavy (non-hydrogen) atoms. The lowest BCUT2D eigenvalue weighted by atomic mass is 10.1. The highest BCUT2D eigenvalue weighted by molar-refractivity contribution is 5.66. The fourth-order valence-electron chi connectivity index (χ4n) is 2.59. The van der Waals surface area contributed by atoms with Crippen LogP contribution in [0.2, 0.25) is 0 Å². The van der Waals surface area contributed by atoms with Crippen LogP contribution in [-0.4, -0.2) is 34.6 Å². The van der Waals surface area contributed by atoms with Crippen LogP contribution >= 0.6 is 0 Å². The van der Waals surface area contributed by atoms with E-state index in [2.05, 4.69) is 17.9 Å². The van der Waals surface area contributed by atoms with Gasteiger partial charge in [0.05, 0.1) is 12.2 Å². The first kappa shape index (κ1) is 21.6. The molecule has 1 heterocycles. The van der Waals surface area contributed by atoms with Crippen molar-refractivity contribution in [2.75, 3.05) is 0 Å². The monoisotopic (exact) mass is 352 g/mol. The zero-order valence-corrected chi connectivity index (χ0v) is 15.2. The molecule has 1 saturated heterocycles. The molecule has 0 aliphatic carbocycles. The highest BCUT2D eigenvalue weighted by Gasteiger charge is 2.36. The van der Waals surface area contributed by atoms with E-state index in [-0.39, 0.29) is 12.5 Å². The average molecular weight is 352 g/mol. The maximum absolute atomic E-state index is 10.4. The van der Waals surface area contributed by atoms with E-state index in [1.165, 1.54) is 25.7 Å². The number of ether oxygens (including phenoxy) is 1. The normalized spacial score (nSPS) is 21.5. The summed E-state index contributed by atoms with van der Waals surface area (Å²) in [7, 11) is 0. The van der Waals surface area contributed by atoms with Crippen LogP contribution in [0.3, 0.4) is 0 Å². The highest BCUT2D eigenvalue weighted by atomic mass is 17.1. The number of aliphatic carboxylic acids is 1. The molecule has 0 amide bonds. The molecule has 0 bridgehead atoms. The lowest BCUT2D eigenvalue weighted by Gasteiger charge is -2.04. The van der Waals surface area contributed by atoms with Crippen LogP contribution in [0.25, 0.3) is 0 Å². The van der Waals surface area contributed by atoms with Crippen molar-refractivity contribution < 1.29 is 24.8 Å². The summed E-state index contributed by atoms with van der Waals surface area (Å²) >= 11 is 0. The van der Waals surface area contributed by atoms with Gasteiger partial charge in [-0.1, -0.05) is 62.6 Å². The van der Waals surface area contributed by atoms with Gasteiger partial charge in [-0.2, -0.15) is 0 Å². The van der Waals surface area contributed by atoms with Gasteiger partial charge in [-0.15, -0.1) is 0 Å². The van der Waals surface area contributed by atoms with Gasteiger partial charge in [0.2, 0.25) is 0 Å². The first-order valence-electron chi connectivity index (χ1n) is 9.33. The Bertz CT molecular complexity index is 441. The summed E-state index contributed by atoms with van der Waals surface area (Å²) in [6.07, 6.45) is 19.9. The van der Waals surface area contributed by atoms with Gasteiger partial charge in [0, 0.05) is 6.42 Å². The van der Waals surface area contributed by atoms with Crippen LogP contribution in [-0.2, 0) is 14.4 Å². The number of unbranched alkanes of at least 4 members (excludes halogenated alkanes) is 3. The molecular formula is C20H32O5. The Balaban J connectivity index is 2.10. The fraction of sp³-hybridized carbons (Fsp3) is 0.650. The van der Waals surface area contributed by atoms with E-state index in [1.54, 1.807) is 6.08 Å². The number of epoxide rings is 1. The van der Waals surface area contributed by atoms with Crippen LogP contribution < -0.4 is 0 Å². The van der Waals surface area contributed by atoms with Gasteiger partial charge in [-0.25, -0.2) is 4.89 Å². The first-order chi connectivity index (χ1) is 12.2. The van der Waals surface area contributed by atoms with Crippen molar-refractivity contribution in [1.29, 1.82) is 0 Å². The van der Waals surface area contributed by atoms with Crippen LogP contribution in [0.5, 0.6) is 0 Å². The minimum absolute atomic E-state index is 0.180. The molecule has 1 fully saturated rings. The van der Waals surface area contributed by atoms with Gasteiger partial charge in [0.25, 0.3) is 0 Å². The molecule has 2 N–H and O–H groups in total. The van der Waals surface area contributed by atoms with Gasteiger partial charge in [0.1, 0.15) is 6.10 Å². The molecule has 0 spiro atoms. The Labute approximate surface area is 151 Å². The topological polar surface area (TPSA) is 79.3 Å². The first-order valence-corrected chi connectivity index (χ1v) is 9.33. The third-order valence-corrected chi connectivity index (χ3v) is 4.15. The molecular weight excluding hydrogens is 320 g/mol. The van der Waals surface area contributed by atoms with Gasteiger partial charge in [-0.3, -0.25) is 10.1 Å². The Morgan fingerprint density at radius 1 is 1.16 bits per heavy atom. The SMILES string of the molecule is CCCCCC1OC1CC=CC=CC(CC=CCCCC(=O)O)OO. The number of rotatable bonds is 15. The van der Waals surface area contributed by atoms with Gasteiger partial charge in [0.15, 0.2) is 0 Å². The van der Waals surface area contributed by atoms with E-state index >= 15 is 0 Å². The average Bonchev–Trinajstić information content (AvgIpc) is 3.34. The second kappa shape index (κ2) is 13.8. The zero-order valence-electron chi connectivity index (χ0n) is 15.2. The molecule has 0 aromatic carbocycles. The van der Waals surface area contributed by atoms with Gasteiger partial charge < -0.3 is 9.84 Å². The standard InChI is InChI=1S/C20H32O5/c1-2-3-7-14-18-19(24-18)15-10-6-9-13-17(25-23)12-8-4-5-11-16-20(21)22/h4,6,8-10,13,17-19,23H,2-3,5,7,11-12,14-16H2,1H3,(H,21,22). The Kier molecular flexibility index (Phi) is 11.9. The molecule has 3 atom stereocenters. The lowest BCUT2D eigenvalue weighted by molar-refractivity contribution is -0.264. The lowest BCUT2D eigenvalue weighted by Crippen LogP contribution is -2.05. The van der Waals surface area contributed by atoms with Crippen LogP contribution in [0.15, 0.2) is 36.5 Å². The molecule has 5 heteroatoms. The maximum atomic E-state index is 10.4. The Morgan fingerprint density at radius 2 is 2.00 bits per heavy atom. The summed E-state index contributed by atoms with van der Waals surface area (Å²) in [6.45, 7) is 2.21. The molecule has 0 aromatic heterocycles. The van der Waals surface area contributed by atoms with E-state index in [4.69, 9.17) is 15.1 Å². The predicted molar refractivity (Wildman–Crippen MR) is 98.4 cm³/mol. The van der Waals surface area contributed by atoms with Crippen molar-refractivity contribution in [3.05, 3.63) is 36.5 Å². The number of carbonyl (C=O) groups is 1. The third kappa shape index (κ3) is 11.7. The van der Waals surface area contributed by atoms with Gasteiger partial charge in [-0.05, 0) is 32.1 Å². The molecule has 3 unspecified atom stereocenters. The number of carboxylic acids is 1. The van der Waals surface area contributed by atoms with E-state index in [0.29, 0.717) is 25.0 Å². The molecule has 5 nitrogen and oxygen atoms in total. The zero-order chi connectivity index (χ0) is 18.3. The molecule has 1 aliphatic rings. The minimum atomic E-state index is -0.774. The van der Waals surface area contributed by atoms with Gasteiger partial charge >= 0.3 is 5.97 Å². The van der Waals surface area contributed by atoms with Crippen molar-refractivity contribution in [2.24, 2.45) is 0 Å². The summed E-state index contributed by atoms with van der Waals surface area (Å²) < 4.78 is 5.63. The van der Waals surface area contributed by atoms with E-state index in [1.807, 2.05) is 24.3 Å². The molecule has 1 rings (SSSR count). The number of carboxylic acid groups (broad SMARTS) is 1. The van der Waals surface area contributed by atoms with Crippen molar-refractivity contribution in [3.8, 4) is 0 Å². The van der Waals surface area contributed by atoms with Crippen LogP contribution in [0.4, 0.5) is 0 Å². The number of allylic oxidation sites excluding steroid dienone is 3. The minimum Gasteiger partial charge on any atom is -0.481 e. The van der Waals surface area contributed by atoms with Crippen molar-refractivity contribution in [2.45, 2.75) is 83.0 Å². The van der Waals surface area contributed by atoms with Crippen molar-refractivity contribution in [1.82, 2.24) is 0 Å². The highest BCUT2D eigenvalue weighted by Crippen LogP contribution is 2.30. The quantitative estimate of drug-likeness (QED) is 0.109. The second-order valence-corrected chi connectivity index (χ2v) is 6.39. The Hall–Kier alpha value is -1.43.